The molecule has 0 aliphatic carbocycles. The van der Waals surface area contributed by atoms with Gasteiger partial charge in [0.15, 0.2) is 17.5 Å². The number of benzene rings is 8. The van der Waals surface area contributed by atoms with Crippen LogP contribution in [0.25, 0.3) is 78.4 Å². The maximum Gasteiger partial charge on any atom is 0.167 e. The van der Waals surface area contributed by atoms with Gasteiger partial charge in [0, 0.05) is 39.0 Å². The molecule has 0 aliphatic rings. The molecule has 0 spiro atoms. The van der Waals surface area contributed by atoms with Gasteiger partial charge in [0.1, 0.15) is 11.2 Å². The molecule has 264 valence electrons. The van der Waals surface area contributed by atoms with Crippen molar-refractivity contribution in [2.45, 2.75) is 0 Å². The van der Waals surface area contributed by atoms with E-state index in [0.717, 1.165) is 55.7 Å². The van der Waals surface area contributed by atoms with E-state index in [1.807, 2.05) is 72.8 Å². The third-order valence-corrected chi connectivity index (χ3v) is 10.2. The molecule has 0 radical (unpaired) electrons. The lowest BCUT2D eigenvalue weighted by molar-refractivity contribution is 0.669. The van der Waals surface area contributed by atoms with Gasteiger partial charge in [-0.3, -0.25) is 0 Å². The van der Waals surface area contributed by atoms with E-state index in [1.165, 1.54) is 22.3 Å². The third-order valence-electron chi connectivity index (χ3n) is 10.2. The van der Waals surface area contributed by atoms with Gasteiger partial charge in [0.2, 0.25) is 0 Å². The lowest BCUT2D eigenvalue weighted by Gasteiger charge is -2.26. The highest BCUT2D eigenvalue weighted by Crippen LogP contribution is 2.39. The van der Waals surface area contributed by atoms with Gasteiger partial charge < -0.3 is 9.32 Å². The Morgan fingerprint density at radius 2 is 0.696 bits per heavy atom. The first kappa shape index (κ1) is 33.0. The van der Waals surface area contributed by atoms with Crippen molar-refractivity contribution < 1.29 is 4.42 Å². The van der Waals surface area contributed by atoms with Gasteiger partial charge in [0.05, 0.1) is 5.56 Å². The van der Waals surface area contributed by atoms with Crippen LogP contribution in [0.15, 0.2) is 211 Å². The topological polar surface area (TPSA) is 55.1 Å². The molecule has 5 nitrogen and oxygen atoms in total. The Labute approximate surface area is 324 Å². The summed E-state index contributed by atoms with van der Waals surface area (Å²) in [6.07, 6.45) is 0. The van der Waals surface area contributed by atoms with Crippen LogP contribution in [0, 0.1) is 0 Å². The molecule has 5 heteroatoms. The van der Waals surface area contributed by atoms with Crippen molar-refractivity contribution in [2.75, 3.05) is 4.90 Å². The highest BCUT2D eigenvalue weighted by Gasteiger charge is 2.19. The number of furan rings is 1. The molecule has 2 heterocycles. The summed E-state index contributed by atoms with van der Waals surface area (Å²) in [5.74, 6) is 1.74. The fourth-order valence-electron chi connectivity index (χ4n) is 7.34. The van der Waals surface area contributed by atoms with E-state index in [4.69, 9.17) is 19.4 Å². The van der Waals surface area contributed by atoms with Gasteiger partial charge in [-0.2, -0.15) is 0 Å². The third kappa shape index (κ3) is 6.27. The molecular weight excluding hydrogens is 685 g/mol. The van der Waals surface area contributed by atoms with E-state index >= 15 is 0 Å². The molecule has 0 N–H and O–H groups in total. The number of hydrogen-bond donors (Lipinski definition) is 0. The summed E-state index contributed by atoms with van der Waals surface area (Å²) in [6, 6.07) is 71.2. The van der Waals surface area contributed by atoms with E-state index in [9.17, 15) is 0 Å². The lowest BCUT2D eigenvalue weighted by Crippen LogP contribution is -2.10. The van der Waals surface area contributed by atoms with Crippen molar-refractivity contribution in [1.82, 2.24) is 15.0 Å². The Kier molecular flexibility index (Phi) is 8.43. The number of para-hydroxylation sites is 2. The fourth-order valence-corrected chi connectivity index (χ4v) is 7.34. The molecule has 0 saturated heterocycles. The van der Waals surface area contributed by atoms with Crippen LogP contribution in [0.3, 0.4) is 0 Å². The molecule has 10 aromatic rings. The van der Waals surface area contributed by atoms with Crippen LogP contribution < -0.4 is 4.90 Å². The van der Waals surface area contributed by atoms with Crippen molar-refractivity contribution >= 4 is 39.0 Å². The molecule has 8 aromatic carbocycles. The first-order chi connectivity index (χ1) is 27.7. The summed E-state index contributed by atoms with van der Waals surface area (Å²) >= 11 is 0. The van der Waals surface area contributed by atoms with Gasteiger partial charge in [-0.25, -0.2) is 15.0 Å². The normalized spacial score (nSPS) is 11.2. The lowest BCUT2D eigenvalue weighted by atomic mass is 10.0. The van der Waals surface area contributed by atoms with Crippen LogP contribution in [0.2, 0.25) is 0 Å². The second-order valence-electron chi connectivity index (χ2n) is 13.7. The Morgan fingerprint density at radius 3 is 1.23 bits per heavy atom. The number of hydrogen-bond acceptors (Lipinski definition) is 5. The van der Waals surface area contributed by atoms with Crippen molar-refractivity contribution in [1.29, 1.82) is 0 Å². The molecule has 2 aromatic heterocycles. The van der Waals surface area contributed by atoms with Crippen LogP contribution in [-0.2, 0) is 0 Å². The minimum Gasteiger partial charge on any atom is -0.455 e. The van der Waals surface area contributed by atoms with Crippen LogP contribution in [0.1, 0.15) is 0 Å². The Balaban J connectivity index is 1.06. The van der Waals surface area contributed by atoms with Crippen LogP contribution in [0.4, 0.5) is 17.1 Å². The number of nitrogens with zero attached hydrogens (tertiary/aromatic N) is 4. The predicted molar refractivity (Wildman–Crippen MR) is 229 cm³/mol. The second kappa shape index (κ2) is 14.3. The fraction of sp³-hybridized carbons (Fsp3) is 0. The average Bonchev–Trinajstić information content (AvgIpc) is 3.67. The maximum atomic E-state index is 6.41. The zero-order valence-electron chi connectivity index (χ0n) is 30.3. The van der Waals surface area contributed by atoms with Gasteiger partial charge >= 0.3 is 0 Å². The van der Waals surface area contributed by atoms with Gasteiger partial charge in [-0.15, -0.1) is 0 Å². The molecule has 0 saturated carbocycles. The molecule has 10 rings (SSSR count). The summed E-state index contributed by atoms with van der Waals surface area (Å²) in [7, 11) is 0. The van der Waals surface area contributed by atoms with Crippen LogP contribution in [-0.4, -0.2) is 15.0 Å². The number of fused-ring (bicyclic) bond motifs is 3. The second-order valence-corrected chi connectivity index (χ2v) is 13.7. The molecule has 0 fully saturated rings. The Bertz CT molecular complexity index is 2840. The number of anilines is 3. The first-order valence-corrected chi connectivity index (χ1v) is 18.7. The maximum absolute atomic E-state index is 6.41. The summed E-state index contributed by atoms with van der Waals surface area (Å²) in [5, 5.41) is 2.09. The molecule has 0 atom stereocenters. The Morgan fingerprint density at radius 1 is 0.304 bits per heavy atom. The van der Waals surface area contributed by atoms with Crippen molar-refractivity contribution in [2.24, 2.45) is 0 Å². The summed E-state index contributed by atoms with van der Waals surface area (Å²) in [4.78, 5) is 17.4. The van der Waals surface area contributed by atoms with E-state index in [0.29, 0.717) is 17.5 Å². The monoisotopic (exact) mass is 718 g/mol. The quantitative estimate of drug-likeness (QED) is 0.157. The van der Waals surface area contributed by atoms with Crippen LogP contribution >= 0.6 is 0 Å². The van der Waals surface area contributed by atoms with Crippen LogP contribution in [0.5, 0.6) is 0 Å². The van der Waals surface area contributed by atoms with Crippen molar-refractivity contribution in [3.63, 3.8) is 0 Å². The van der Waals surface area contributed by atoms with Gasteiger partial charge in [-0.1, -0.05) is 146 Å². The molecule has 56 heavy (non-hydrogen) atoms. The highest BCUT2D eigenvalue weighted by molar-refractivity contribution is 6.09. The van der Waals surface area contributed by atoms with E-state index in [-0.39, 0.29) is 0 Å². The SMILES string of the molecule is c1ccc(-c2ccc(N(c3ccc(-c4ccccc4)cc3)c3ccc(-c4nc(-c5ccccc5)nc(-c5cccc6c5oc5ccccc56)n4)cc3)cc2)cc1. The average molecular weight is 719 g/mol. The molecule has 0 unspecified atom stereocenters. The largest absolute Gasteiger partial charge is 0.455 e. The Hall–Kier alpha value is -7.63. The summed E-state index contributed by atoms with van der Waals surface area (Å²) in [5.41, 5.74) is 12.0. The summed E-state index contributed by atoms with van der Waals surface area (Å²) in [6.45, 7) is 0. The highest BCUT2D eigenvalue weighted by atomic mass is 16.3. The minimum absolute atomic E-state index is 0.557. The van der Waals surface area contributed by atoms with E-state index < -0.39 is 0 Å². The number of rotatable bonds is 8. The predicted octanol–water partition coefficient (Wildman–Crippen LogP) is 13.6. The standard InChI is InChI=1S/C51H34N4O/c1-4-13-35(14-5-1)37-23-29-41(30-24-37)55(42-31-25-38(26-32-42)36-15-6-2-7-16-36)43-33-27-40(28-34-43)50-52-49(39-17-8-3-9-18-39)53-51(54-50)46-21-12-20-45-44-19-10-11-22-47(44)56-48(45)46/h1-34H. The van der Waals surface area contributed by atoms with Gasteiger partial charge in [-0.05, 0) is 82.9 Å². The minimum atomic E-state index is 0.557. The molecule has 0 amide bonds. The van der Waals surface area contributed by atoms with Crippen molar-refractivity contribution in [3.8, 4) is 56.4 Å². The number of aromatic nitrogens is 3. The van der Waals surface area contributed by atoms with Gasteiger partial charge in [0.25, 0.3) is 0 Å². The first-order valence-electron chi connectivity index (χ1n) is 18.7. The van der Waals surface area contributed by atoms with Crippen molar-refractivity contribution in [3.05, 3.63) is 206 Å². The molecular formula is C51H34N4O. The zero-order valence-corrected chi connectivity index (χ0v) is 30.3. The van der Waals surface area contributed by atoms with E-state index in [2.05, 4.69) is 138 Å². The molecule has 0 bridgehead atoms. The summed E-state index contributed by atoms with van der Waals surface area (Å²) < 4.78 is 6.41. The van der Waals surface area contributed by atoms with E-state index in [1.54, 1.807) is 0 Å². The zero-order chi connectivity index (χ0) is 37.3. The molecule has 0 aliphatic heterocycles. The smallest absolute Gasteiger partial charge is 0.167 e.